The number of nitrogens with one attached hydrogen (secondary N) is 1. The average Bonchev–Trinajstić information content (AvgIpc) is 3.26. The van der Waals surface area contributed by atoms with E-state index in [9.17, 15) is 4.79 Å². The summed E-state index contributed by atoms with van der Waals surface area (Å²) in [7, 11) is 1.41. The quantitative estimate of drug-likeness (QED) is 0.432. The lowest BCUT2D eigenvalue weighted by Gasteiger charge is -2.14. The van der Waals surface area contributed by atoms with Crippen molar-refractivity contribution in [1.82, 2.24) is 24.8 Å². The van der Waals surface area contributed by atoms with Gasteiger partial charge in [-0.1, -0.05) is 11.3 Å². The molecule has 1 aliphatic rings. The van der Waals surface area contributed by atoms with Gasteiger partial charge in [0.2, 0.25) is 0 Å². The first kappa shape index (κ1) is 21.0. The standard InChI is InChI=1S/C23H21N7O2S/c1-12(2)27-18-8-19(20-5-4-14-6-13(9-24)10-26-30(14)20)25-11-17(18)22-29-28-21(33-22)15-7-16(15)23(31)32-3/h4-6,8,10-12,15-16H,7H2,1-3H3,(H,25,27)/t15-,16-/m1/s1. The van der Waals surface area contributed by atoms with Crippen LogP contribution in [0.3, 0.4) is 0 Å². The highest BCUT2D eigenvalue weighted by molar-refractivity contribution is 7.14. The lowest BCUT2D eigenvalue weighted by Crippen LogP contribution is -2.11. The minimum absolute atomic E-state index is 0.0777. The number of nitriles is 1. The molecule has 4 aromatic rings. The molecular weight excluding hydrogens is 438 g/mol. The van der Waals surface area contributed by atoms with E-state index in [-0.39, 0.29) is 23.8 Å². The summed E-state index contributed by atoms with van der Waals surface area (Å²) in [6, 6.07) is 9.93. The van der Waals surface area contributed by atoms with E-state index in [2.05, 4.69) is 45.5 Å². The fourth-order valence-electron chi connectivity index (χ4n) is 3.82. The smallest absolute Gasteiger partial charge is 0.309 e. The number of aromatic nitrogens is 5. The number of anilines is 1. The lowest BCUT2D eigenvalue weighted by atomic mass is 10.1. The van der Waals surface area contributed by atoms with Gasteiger partial charge in [-0.2, -0.15) is 10.4 Å². The zero-order valence-corrected chi connectivity index (χ0v) is 19.1. The number of fused-ring (bicyclic) bond motifs is 1. The molecule has 5 rings (SSSR count). The van der Waals surface area contributed by atoms with Gasteiger partial charge in [-0.25, -0.2) is 4.52 Å². The Kier molecular flexibility index (Phi) is 5.26. The third-order valence-electron chi connectivity index (χ3n) is 5.52. The molecule has 0 aromatic carbocycles. The van der Waals surface area contributed by atoms with Crippen molar-refractivity contribution in [1.29, 1.82) is 5.26 Å². The minimum atomic E-state index is -0.195. The molecule has 0 radical (unpaired) electrons. The van der Waals surface area contributed by atoms with Crippen molar-refractivity contribution in [2.24, 2.45) is 5.92 Å². The second kappa shape index (κ2) is 8.26. The van der Waals surface area contributed by atoms with Crippen LogP contribution in [0, 0.1) is 17.2 Å². The normalized spacial score (nSPS) is 17.2. The van der Waals surface area contributed by atoms with E-state index in [1.54, 1.807) is 23.0 Å². The van der Waals surface area contributed by atoms with Crippen LogP contribution < -0.4 is 5.32 Å². The number of rotatable bonds is 6. The first-order valence-corrected chi connectivity index (χ1v) is 11.4. The number of ether oxygens (including phenoxy) is 1. The number of nitrogens with zero attached hydrogens (tertiary/aromatic N) is 6. The fourth-order valence-corrected chi connectivity index (χ4v) is 4.87. The zero-order chi connectivity index (χ0) is 23.1. The molecule has 0 unspecified atom stereocenters. The summed E-state index contributed by atoms with van der Waals surface area (Å²) >= 11 is 1.48. The molecule has 0 amide bonds. The molecule has 1 N–H and O–H groups in total. The molecule has 0 bridgehead atoms. The number of carbonyl (C=O) groups is 1. The Labute approximate surface area is 194 Å². The maximum atomic E-state index is 11.8. The monoisotopic (exact) mass is 459 g/mol. The van der Waals surface area contributed by atoms with Gasteiger partial charge in [0.25, 0.3) is 0 Å². The van der Waals surface area contributed by atoms with Crippen molar-refractivity contribution < 1.29 is 9.53 Å². The predicted molar refractivity (Wildman–Crippen MR) is 124 cm³/mol. The topological polar surface area (TPSA) is 118 Å². The Morgan fingerprint density at radius 1 is 1.30 bits per heavy atom. The van der Waals surface area contributed by atoms with Gasteiger partial charge in [0, 0.05) is 23.8 Å². The Hall–Kier alpha value is -3.84. The molecular formula is C23H21N7O2S. The third-order valence-corrected chi connectivity index (χ3v) is 6.61. The number of methoxy groups -OCH3 is 1. The van der Waals surface area contributed by atoms with Gasteiger partial charge in [0.1, 0.15) is 11.1 Å². The highest BCUT2D eigenvalue weighted by Crippen LogP contribution is 2.50. The molecule has 1 aliphatic carbocycles. The second-order valence-corrected chi connectivity index (χ2v) is 9.25. The van der Waals surface area contributed by atoms with Gasteiger partial charge in [-0.3, -0.25) is 9.78 Å². The van der Waals surface area contributed by atoms with Gasteiger partial charge in [0.15, 0.2) is 5.01 Å². The molecule has 9 nitrogen and oxygen atoms in total. The number of hydrogen-bond donors (Lipinski definition) is 1. The van der Waals surface area contributed by atoms with E-state index in [1.807, 2.05) is 18.2 Å². The number of hydrogen-bond acceptors (Lipinski definition) is 9. The maximum Gasteiger partial charge on any atom is 0.309 e. The van der Waals surface area contributed by atoms with Crippen LogP contribution in [-0.4, -0.2) is 43.9 Å². The van der Waals surface area contributed by atoms with Gasteiger partial charge in [0.05, 0.1) is 47.3 Å². The van der Waals surface area contributed by atoms with Crippen LogP contribution >= 0.6 is 11.3 Å². The fraction of sp³-hybridized carbons (Fsp3) is 0.304. The van der Waals surface area contributed by atoms with Crippen LogP contribution in [0.5, 0.6) is 0 Å². The largest absolute Gasteiger partial charge is 0.469 e. The molecule has 166 valence electrons. The van der Waals surface area contributed by atoms with Crippen molar-refractivity contribution in [2.75, 3.05) is 12.4 Å². The van der Waals surface area contributed by atoms with Gasteiger partial charge in [-0.05, 0) is 44.5 Å². The van der Waals surface area contributed by atoms with E-state index in [4.69, 9.17) is 10.00 Å². The second-order valence-electron chi connectivity index (χ2n) is 8.24. The molecule has 0 spiro atoms. The van der Waals surface area contributed by atoms with Crippen LogP contribution in [-0.2, 0) is 9.53 Å². The van der Waals surface area contributed by atoms with Gasteiger partial charge >= 0.3 is 5.97 Å². The van der Waals surface area contributed by atoms with Crippen molar-refractivity contribution in [3.05, 3.63) is 47.2 Å². The molecule has 1 saturated carbocycles. The summed E-state index contributed by atoms with van der Waals surface area (Å²) in [6.07, 6.45) is 4.08. The highest BCUT2D eigenvalue weighted by Gasteiger charge is 2.47. The predicted octanol–water partition coefficient (Wildman–Crippen LogP) is 3.88. The highest BCUT2D eigenvalue weighted by atomic mass is 32.1. The lowest BCUT2D eigenvalue weighted by molar-refractivity contribution is -0.142. The Balaban J connectivity index is 1.50. The zero-order valence-electron chi connectivity index (χ0n) is 18.3. The van der Waals surface area contributed by atoms with E-state index in [1.165, 1.54) is 18.4 Å². The molecule has 4 aromatic heterocycles. The van der Waals surface area contributed by atoms with Crippen LogP contribution in [0.2, 0.25) is 0 Å². The molecule has 1 fully saturated rings. The third kappa shape index (κ3) is 3.91. The van der Waals surface area contributed by atoms with Crippen LogP contribution in [0.15, 0.2) is 36.7 Å². The van der Waals surface area contributed by atoms with Crippen LogP contribution in [0.1, 0.15) is 36.8 Å². The first-order chi connectivity index (χ1) is 16.0. The van der Waals surface area contributed by atoms with Crippen LogP contribution in [0.25, 0.3) is 27.5 Å². The maximum absolute atomic E-state index is 11.8. The number of carbonyl (C=O) groups excluding carboxylic acids is 1. The van der Waals surface area contributed by atoms with E-state index < -0.39 is 0 Å². The Bertz CT molecular complexity index is 1400. The molecule has 0 aliphatic heterocycles. The summed E-state index contributed by atoms with van der Waals surface area (Å²) in [5.41, 5.74) is 4.65. The van der Waals surface area contributed by atoms with Crippen molar-refractivity contribution in [3.8, 4) is 28.0 Å². The Morgan fingerprint density at radius 2 is 2.15 bits per heavy atom. The van der Waals surface area contributed by atoms with Gasteiger partial charge in [-0.15, -0.1) is 10.2 Å². The van der Waals surface area contributed by atoms with Crippen molar-refractivity contribution in [2.45, 2.75) is 32.2 Å². The van der Waals surface area contributed by atoms with Crippen molar-refractivity contribution in [3.63, 3.8) is 0 Å². The van der Waals surface area contributed by atoms with E-state index >= 15 is 0 Å². The SMILES string of the molecule is COC(=O)[C@@H]1C[C@H]1c1nnc(-c2cnc(-c3ccc4cc(C#N)cnn34)cc2NC(C)C)s1. The molecule has 4 heterocycles. The minimum Gasteiger partial charge on any atom is -0.469 e. The number of pyridine rings is 1. The molecule has 10 heteroatoms. The summed E-state index contributed by atoms with van der Waals surface area (Å²) in [5, 5.41) is 27.3. The van der Waals surface area contributed by atoms with E-state index in [0.29, 0.717) is 5.56 Å². The summed E-state index contributed by atoms with van der Waals surface area (Å²) in [4.78, 5) is 16.5. The van der Waals surface area contributed by atoms with Gasteiger partial charge < -0.3 is 10.1 Å². The molecule has 2 atom stereocenters. The molecule has 0 saturated heterocycles. The summed E-state index contributed by atoms with van der Waals surface area (Å²) < 4.78 is 6.62. The van der Waals surface area contributed by atoms with Crippen LogP contribution in [0.4, 0.5) is 5.69 Å². The summed E-state index contributed by atoms with van der Waals surface area (Å²) in [6.45, 7) is 4.14. The van der Waals surface area contributed by atoms with E-state index in [0.717, 1.165) is 44.6 Å². The first-order valence-electron chi connectivity index (χ1n) is 10.5. The Morgan fingerprint density at radius 3 is 2.91 bits per heavy atom. The molecule has 33 heavy (non-hydrogen) atoms. The number of esters is 1. The van der Waals surface area contributed by atoms with Crippen molar-refractivity contribution >= 4 is 28.5 Å². The summed E-state index contributed by atoms with van der Waals surface area (Å²) in [5.74, 6) is -0.241. The average molecular weight is 460 g/mol.